The van der Waals surface area contributed by atoms with Crippen molar-refractivity contribution in [3.8, 4) is 0 Å². The van der Waals surface area contributed by atoms with Crippen LogP contribution in [0.15, 0.2) is 24.3 Å². The normalized spacial score (nSPS) is 9.81. The van der Waals surface area contributed by atoms with E-state index in [9.17, 15) is 19.7 Å². The average molecular weight is 294 g/mol. The Balaban J connectivity index is 2.84. The highest BCUT2D eigenvalue weighted by Gasteiger charge is 2.25. The molecule has 9 nitrogen and oxygen atoms in total. The van der Waals surface area contributed by atoms with Gasteiger partial charge in [-0.05, 0) is 6.92 Å². The summed E-state index contributed by atoms with van der Waals surface area (Å²) in [4.78, 5) is 33.0. The molecule has 0 heterocycles. The summed E-state index contributed by atoms with van der Waals surface area (Å²) in [6, 6.07) is 5.75. The van der Waals surface area contributed by atoms with Crippen molar-refractivity contribution in [3.63, 3.8) is 0 Å². The van der Waals surface area contributed by atoms with Crippen molar-refractivity contribution in [1.82, 2.24) is 5.01 Å². The van der Waals surface area contributed by atoms with Gasteiger partial charge in [-0.25, -0.2) is 15.6 Å². The standard InChI is InChI=1S/C12H14N4O5/c1-2-21-12(18)11(17)15(14)10(13)7-8-5-3-4-6-9(8)16(19)20/h3-6,13H,2,7,14H2,1H3. The molecule has 0 aliphatic rings. The van der Waals surface area contributed by atoms with Gasteiger partial charge in [0.15, 0.2) is 0 Å². The highest BCUT2D eigenvalue weighted by molar-refractivity contribution is 6.35. The summed E-state index contributed by atoms with van der Waals surface area (Å²) >= 11 is 0. The molecule has 0 unspecified atom stereocenters. The summed E-state index contributed by atoms with van der Waals surface area (Å²) in [6.07, 6.45) is -0.265. The predicted molar refractivity (Wildman–Crippen MR) is 72.2 cm³/mol. The Hall–Kier alpha value is -2.81. The van der Waals surface area contributed by atoms with Crippen LogP contribution in [0.5, 0.6) is 0 Å². The number of nitrogens with zero attached hydrogens (tertiary/aromatic N) is 2. The molecular formula is C12H14N4O5. The number of rotatable bonds is 4. The number of para-hydroxylation sites is 1. The fourth-order valence-corrected chi connectivity index (χ4v) is 1.52. The van der Waals surface area contributed by atoms with Gasteiger partial charge < -0.3 is 4.74 Å². The van der Waals surface area contributed by atoms with E-state index in [0.717, 1.165) is 0 Å². The zero-order valence-electron chi connectivity index (χ0n) is 11.2. The number of nitrogens with one attached hydrogen (secondary N) is 1. The number of hydrogen-bond acceptors (Lipinski definition) is 7. The van der Waals surface area contributed by atoms with Gasteiger partial charge in [-0.1, -0.05) is 18.2 Å². The van der Waals surface area contributed by atoms with Crippen molar-refractivity contribution < 1.29 is 19.2 Å². The van der Waals surface area contributed by atoms with Gasteiger partial charge in [0, 0.05) is 18.1 Å². The van der Waals surface area contributed by atoms with E-state index < -0.39 is 22.6 Å². The molecule has 0 fully saturated rings. The fraction of sp³-hybridized carbons (Fsp3) is 0.250. The zero-order chi connectivity index (χ0) is 16.0. The molecule has 1 aromatic carbocycles. The van der Waals surface area contributed by atoms with Crippen LogP contribution < -0.4 is 5.84 Å². The Morgan fingerprint density at radius 2 is 2.05 bits per heavy atom. The first-order valence-electron chi connectivity index (χ1n) is 5.94. The molecule has 0 saturated heterocycles. The molecule has 0 aliphatic heterocycles. The van der Waals surface area contributed by atoms with Crippen LogP contribution in [-0.4, -0.2) is 34.3 Å². The number of carbonyl (C=O) groups excluding carboxylic acids is 2. The van der Waals surface area contributed by atoms with Gasteiger partial charge in [-0.15, -0.1) is 0 Å². The molecule has 0 aromatic heterocycles. The predicted octanol–water partition coefficient (Wildman–Crippen LogP) is 0.380. The van der Waals surface area contributed by atoms with Crippen LogP contribution in [0.1, 0.15) is 12.5 Å². The van der Waals surface area contributed by atoms with Crippen molar-refractivity contribution in [2.24, 2.45) is 5.84 Å². The molecule has 0 spiro atoms. The summed E-state index contributed by atoms with van der Waals surface area (Å²) in [5.41, 5.74) is 0.0128. The summed E-state index contributed by atoms with van der Waals surface area (Å²) < 4.78 is 4.47. The average Bonchev–Trinajstić information content (AvgIpc) is 2.46. The van der Waals surface area contributed by atoms with Crippen LogP contribution in [0.25, 0.3) is 0 Å². The SMILES string of the molecule is CCOC(=O)C(=O)N(N)C(=N)Cc1ccccc1[N+](=O)[O-]. The number of benzene rings is 1. The minimum atomic E-state index is -1.21. The highest BCUT2D eigenvalue weighted by atomic mass is 16.6. The number of hydrogen-bond donors (Lipinski definition) is 2. The number of esters is 1. The maximum atomic E-state index is 11.5. The third-order valence-electron chi connectivity index (χ3n) is 2.51. The van der Waals surface area contributed by atoms with Crippen molar-refractivity contribution in [2.45, 2.75) is 13.3 Å². The largest absolute Gasteiger partial charge is 0.459 e. The van der Waals surface area contributed by atoms with E-state index >= 15 is 0 Å². The summed E-state index contributed by atoms with van der Waals surface area (Å²) in [5.74, 6) is 2.50. The Morgan fingerprint density at radius 1 is 1.43 bits per heavy atom. The van der Waals surface area contributed by atoms with Crippen LogP contribution in [0.3, 0.4) is 0 Å². The van der Waals surface area contributed by atoms with Gasteiger partial charge >= 0.3 is 11.9 Å². The second-order valence-corrected chi connectivity index (χ2v) is 3.90. The van der Waals surface area contributed by atoms with Crippen molar-refractivity contribution >= 4 is 23.4 Å². The maximum absolute atomic E-state index is 11.5. The number of ether oxygens (including phenoxy) is 1. The van der Waals surface area contributed by atoms with Crippen LogP contribution in [0, 0.1) is 15.5 Å². The molecule has 112 valence electrons. The van der Waals surface area contributed by atoms with E-state index in [1.54, 1.807) is 6.07 Å². The monoisotopic (exact) mass is 294 g/mol. The zero-order valence-corrected chi connectivity index (χ0v) is 11.2. The minimum absolute atomic E-state index is 0.00406. The first-order valence-corrected chi connectivity index (χ1v) is 5.94. The first-order chi connectivity index (χ1) is 9.88. The minimum Gasteiger partial charge on any atom is -0.459 e. The molecule has 1 rings (SSSR count). The Morgan fingerprint density at radius 3 is 2.62 bits per heavy atom. The molecule has 3 N–H and O–H groups in total. The lowest BCUT2D eigenvalue weighted by atomic mass is 10.1. The van der Waals surface area contributed by atoms with Crippen LogP contribution in [0.2, 0.25) is 0 Å². The maximum Gasteiger partial charge on any atom is 0.398 e. The lowest BCUT2D eigenvalue weighted by Crippen LogP contribution is -2.47. The first kappa shape index (κ1) is 16.2. The quantitative estimate of drug-likeness (QED) is 0.120. The van der Waals surface area contributed by atoms with Gasteiger partial charge in [0.25, 0.3) is 5.69 Å². The highest BCUT2D eigenvalue weighted by Crippen LogP contribution is 2.18. The number of nitrogens with two attached hydrogens (primary N) is 1. The number of nitro benzene ring substituents is 1. The second kappa shape index (κ2) is 7.10. The molecule has 21 heavy (non-hydrogen) atoms. The van der Waals surface area contributed by atoms with E-state index in [1.807, 2.05) is 0 Å². The molecule has 1 amide bonds. The number of amides is 1. The van der Waals surface area contributed by atoms with Crippen molar-refractivity contribution in [2.75, 3.05) is 6.61 Å². The summed E-state index contributed by atoms with van der Waals surface area (Å²) in [6.45, 7) is 1.51. The third-order valence-corrected chi connectivity index (χ3v) is 2.51. The fourth-order valence-electron chi connectivity index (χ4n) is 1.52. The molecular weight excluding hydrogens is 280 g/mol. The van der Waals surface area contributed by atoms with Gasteiger partial charge in [-0.2, -0.15) is 0 Å². The third kappa shape index (κ3) is 4.08. The molecule has 0 atom stereocenters. The number of amidine groups is 1. The van der Waals surface area contributed by atoms with Gasteiger partial charge in [-0.3, -0.25) is 20.3 Å². The lowest BCUT2D eigenvalue weighted by molar-refractivity contribution is -0.385. The summed E-state index contributed by atoms with van der Waals surface area (Å²) in [5, 5.41) is 18.8. The molecule has 0 radical (unpaired) electrons. The molecule has 0 saturated carbocycles. The van der Waals surface area contributed by atoms with Gasteiger partial charge in [0.2, 0.25) is 0 Å². The van der Waals surface area contributed by atoms with Gasteiger partial charge in [0.05, 0.1) is 11.5 Å². The Bertz CT molecular complexity index is 587. The van der Waals surface area contributed by atoms with Crippen LogP contribution in [-0.2, 0) is 20.7 Å². The molecule has 0 bridgehead atoms. The molecule has 0 aliphatic carbocycles. The van der Waals surface area contributed by atoms with E-state index in [4.69, 9.17) is 11.3 Å². The van der Waals surface area contributed by atoms with E-state index in [2.05, 4.69) is 4.74 Å². The topological polar surface area (TPSA) is 140 Å². The van der Waals surface area contributed by atoms with E-state index in [1.165, 1.54) is 25.1 Å². The smallest absolute Gasteiger partial charge is 0.398 e. The van der Waals surface area contributed by atoms with Crippen LogP contribution >= 0.6 is 0 Å². The number of hydrazine groups is 1. The summed E-state index contributed by atoms with van der Waals surface area (Å²) in [7, 11) is 0. The molecule has 1 aromatic rings. The van der Waals surface area contributed by atoms with Crippen molar-refractivity contribution in [3.05, 3.63) is 39.9 Å². The van der Waals surface area contributed by atoms with E-state index in [0.29, 0.717) is 5.01 Å². The second-order valence-electron chi connectivity index (χ2n) is 3.90. The van der Waals surface area contributed by atoms with Crippen molar-refractivity contribution in [1.29, 1.82) is 5.41 Å². The number of nitro groups is 1. The van der Waals surface area contributed by atoms with Gasteiger partial charge in [0.1, 0.15) is 5.84 Å². The molecule has 9 heteroatoms. The Kier molecular flexibility index (Phi) is 5.49. The lowest BCUT2D eigenvalue weighted by Gasteiger charge is -2.16. The Labute approximate surface area is 119 Å². The number of carbonyl (C=O) groups is 2. The van der Waals surface area contributed by atoms with E-state index in [-0.39, 0.29) is 24.3 Å². The van der Waals surface area contributed by atoms with Crippen LogP contribution in [0.4, 0.5) is 5.69 Å².